The molecule has 0 bridgehead atoms. The molecular formula is C13H14O3. The van der Waals surface area contributed by atoms with Gasteiger partial charge in [0, 0.05) is 5.56 Å². The zero-order valence-corrected chi connectivity index (χ0v) is 9.23. The summed E-state index contributed by atoms with van der Waals surface area (Å²) in [6.45, 7) is 3.71. The van der Waals surface area contributed by atoms with E-state index in [0.717, 1.165) is 24.2 Å². The van der Waals surface area contributed by atoms with Gasteiger partial charge in [-0.15, -0.1) is 0 Å². The molecule has 16 heavy (non-hydrogen) atoms. The van der Waals surface area contributed by atoms with E-state index in [1.54, 1.807) is 24.3 Å². The van der Waals surface area contributed by atoms with E-state index in [4.69, 9.17) is 4.74 Å². The quantitative estimate of drug-likeness (QED) is 0.729. The van der Waals surface area contributed by atoms with Crippen molar-refractivity contribution in [1.82, 2.24) is 0 Å². The maximum Gasteiger partial charge on any atom is 0.337 e. The lowest BCUT2D eigenvalue weighted by Gasteiger charge is -2.09. The number of carbonyl (C=O) groups excluding carboxylic acids is 1. The molecule has 1 aromatic carbocycles. The molecule has 0 amide bonds. The van der Waals surface area contributed by atoms with E-state index in [1.807, 2.05) is 0 Å². The van der Waals surface area contributed by atoms with Crippen LogP contribution in [-0.4, -0.2) is 19.2 Å². The highest BCUT2D eigenvalue weighted by Gasteiger charge is 2.24. The second kappa shape index (κ2) is 4.39. The van der Waals surface area contributed by atoms with Crippen LogP contribution >= 0.6 is 0 Å². The van der Waals surface area contributed by atoms with Crippen LogP contribution in [0.15, 0.2) is 24.8 Å². The molecule has 2 rings (SSSR count). The second-order valence-corrected chi connectivity index (χ2v) is 3.77. The van der Waals surface area contributed by atoms with E-state index in [9.17, 15) is 4.79 Å². The van der Waals surface area contributed by atoms with Crippen molar-refractivity contribution in [2.24, 2.45) is 0 Å². The molecule has 0 aromatic heterocycles. The summed E-state index contributed by atoms with van der Waals surface area (Å²) in [6, 6.07) is 5.23. The Morgan fingerprint density at radius 3 is 2.81 bits per heavy atom. The highest BCUT2D eigenvalue weighted by Crippen LogP contribution is 2.30. The topological polar surface area (TPSA) is 35.5 Å². The van der Waals surface area contributed by atoms with E-state index < -0.39 is 0 Å². The van der Waals surface area contributed by atoms with E-state index in [0.29, 0.717) is 11.7 Å². The Balaban J connectivity index is 2.26. The van der Waals surface area contributed by atoms with Gasteiger partial charge < -0.3 is 9.47 Å². The Morgan fingerprint density at radius 1 is 1.50 bits per heavy atom. The highest BCUT2D eigenvalue weighted by atomic mass is 16.5. The molecule has 1 aliphatic rings. The summed E-state index contributed by atoms with van der Waals surface area (Å²) in [5.74, 6) is 0.436. The van der Waals surface area contributed by atoms with Crippen LogP contribution in [0.2, 0.25) is 0 Å². The number of carbonyl (C=O) groups is 1. The SMILES string of the molecule is C=Cc1cc(C(=O)OC)ccc1OC1CC1. The van der Waals surface area contributed by atoms with Crippen molar-refractivity contribution in [1.29, 1.82) is 0 Å². The highest BCUT2D eigenvalue weighted by molar-refractivity contribution is 5.90. The fourth-order valence-electron chi connectivity index (χ4n) is 1.43. The van der Waals surface area contributed by atoms with Gasteiger partial charge >= 0.3 is 5.97 Å². The van der Waals surface area contributed by atoms with Crippen LogP contribution in [0.1, 0.15) is 28.8 Å². The molecule has 84 valence electrons. The lowest BCUT2D eigenvalue weighted by molar-refractivity contribution is 0.0600. The molecule has 0 saturated heterocycles. The number of methoxy groups -OCH3 is 1. The van der Waals surface area contributed by atoms with Crippen molar-refractivity contribution < 1.29 is 14.3 Å². The molecule has 0 spiro atoms. The fourth-order valence-corrected chi connectivity index (χ4v) is 1.43. The van der Waals surface area contributed by atoms with E-state index in [-0.39, 0.29) is 5.97 Å². The van der Waals surface area contributed by atoms with Crippen molar-refractivity contribution >= 4 is 12.0 Å². The van der Waals surface area contributed by atoms with Crippen molar-refractivity contribution in [2.75, 3.05) is 7.11 Å². The third kappa shape index (κ3) is 2.24. The molecule has 0 heterocycles. The first-order valence-electron chi connectivity index (χ1n) is 5.26. The number of hydrogen-bond donors (Lipinski definition) is 0. The van der Waals surface area contributed by atoms with Crippen LogP contribution in [0.4, 0.5) is 0 Å². The number of hydrogen-bond acceptors (Lipinski definition) is 3. The van der Waals surface area contributed by atoms with Crippen molar-refractivity contribution in [3.8, 4) is 5.75 Å². The van der Waals surface area contributed by atoms with Gasteiger partial charge in [-0.1, -0.05) is 12.7 Å². The molecular weight excluding hydrogens is 204 g/mol. The third-order valence-corrected chi connectivity index (χ3v) is 2.47. The number of ether oxygens (including phenoxy) is 2. The summed E-state index contributed by atoms with van der Waals surface area (Å²) in [5, 5.41) is 0. The zero-order chi connectivity index (χ0) is 11.5. The van der Waals surface area contributed by atoms with Crippen molar-refractivity contribution in [2.45, 2.75) is 18.9 Å². The molecule has 0 N–H and O–H groups in total. The standard InChI is InChI=1S/C13H14O3/c1-3-9-8-10(13(14)15-2)4-7-12(9)16-11-5-6-11/h3-4,7-8,11H,1,5-6H2,2H3. The molecule has 0 radical (unpaired) electrons. The molecule has 0 aliphatic heterocycles. The normalized spacial score (nSPS) is 14.3. The first-order chi connectivity index (χ1) is 7.74. The monoisotopic (exact) mass is 218 g/mol. The summed E-state index contributed by atoms with van der Waals surface area (Å²) in [4.78, 5) is 11.3. The molecule has 0 unspecified atom stereocenters. The van der Waals surface area contributed by atoms with Gasteiger partial charge in [0.05, 0.1) is 18.8 Å². The Morgan fingerprint density at radius 2 is 2.25 bits per heavy atom. The Bertz CT molecular complexity index is 419. The predicted octanol–water partition coefficient (Wildman–Crippen LogP) is 2.66. The first kappa shape index (κ1) is 10.7. The fraction of sp³-hybridized carbons (Fsp3) is 0.308. The van der Waals surface area contributed by atoms with Crippen LogP contribution < -0.4 is 4.74 Å². The van der Waals surface area contributed by atoms with Crippen molar-refractivity contribution in [3.05, 3.63) is 35.9 Å². The minimum atomic E-state index is -0.346. The maximum atomic E-state index is 11.3. The predicted molar refractivity (Wildman–Crippen MR) is 61.5 cm³/mol. The first-order valence-corrected chi connectivity index (χ1v) is 5.26. The average molecular weight is 218 g/mol. The van der Waals surface area contributed by atoms with Gasteiger partial charge in [0.25, 0.3) is 0 Å². The van der Waals surface area contributed by atoms with Crippen LogP contribution in [0.5, 0.6) is 5.75 Å². The minimum absolute atomic E-state index is 0.336. The molecule has 0 atom stereocenters. The molecule has 1 saturated carbocycles. The van der Waals surface area contributed by atoms with Crippen LogP contribution in [0, 0.1) is 0 Å². The van der Waals surface area contributed by atoms with Crippen LogP contribution in [0.3, 0.4) is 0 Å². The number of benzene rings is 1. The van der Waals surface area contributed by atoms with Gasteiger partial charge in [-0.3, -0.25) is 0 Å². The largest absolute Gasteiger partial charge is 0.490 e. The molecule has 3 heteroatoms. The van der Waals surface area contributed by atoms with Gasteiger partial charge in [0.2, 0.25) is 0 Å². The number of esters is 1. The van der Waals surface area contributed by atoms with E-state index in [1.165, 1.54) is 7.11 Å². The van der Waals surface area contributed by atoms with Gasteiger partial charge in [0.15, 0.2) is 0 Å². The maximum absolute atomic E-state index is 11.3. The average Bonchev–Trinajstić information content (AvgIpc) is 3.12. The summed E-state index contributed by atoms with van der Waals surface area (Å²) in [6.07, 6.45) is 4.23. The Hall–Kier alpha value is -1.77. The Labute approximate surface area is 94.7 Å². The lowest BCUT2D eigenvalue weighted by atomic mass is 10.1. The molecule has 1 aromatic rings. The van der Waals surface area contributed by atoms with Gasteiger partial charge in [-0.05, 0) is 31.0 Å². The molecule has 1 fully saturated rings. The zero-order valence-electron chi connectivity index (χ0n) is 9.23. The van der Waals surface area contributed by atoms with Crippen molar-refractivity contribution in [3.63, 3.8) is 0 Å². The van der Waals surface area contributed by atoms with E-state index in [2.05, 4.69) is 11.3 Å². The molecule has 3 nitrogen and oxygen atoms in total. The Kier molecular flexibility index (Phi) is 2.95. The summed E-state index contributed by atoms with van der Waals surface area (Å²) < 4.78 is 10.3. The third-order valence-electron chi connectivity index (χ3n) is 2.47. The van der Waals surface area contributed by atoms with Gasteiger partial charge in [0.1, 0.15) is 5.75 Å². The summed E-state index contributed by atoms with van der Waals surface area (Å²) in [5.41, 5.74) is 1.34. The second-order valence-electron chi connectivity index (χ2n) is 3.77. The summed E-state index contributed by atoms with van der Waals surface area (Å²) >= 11 is 0. The smallest absolute Gasteiger partial charge is 0.337 e. The van der Waals surface area contributed by atoms with Gasteiger partial charge in [-0.2, -0.15) is 0 Å². The minimum Gasteiger partial charge on any atom is -0.490 e. The van der Waals surface area contributed by atoms with Crippen LogP contribution in [-0.2, 0) is 4.74 Å². The molecule has 1 aliphatic carbocycles. The van der Waals surface area contributed by atoms with E-state index >= 15 is 0 Å². The van der Waals surface area contributed by atoms with Gasteiger partial charge in [-0.25, -0.2) is 4.79 Å². The number of rotatable bonds is 4. The van der Waals surface area contributed by atoms with Crippen LogP contribution in [0.25, 0.3) is 6.08 Å². The summed E-state index contributed by atoms with van der Waals surface area (Å²) in [7, 11) is 1.37. The lowest BCUT2D eigenvalue weighted by Crippen LogP contribution is -2.03.